The highest BCUT2D eigenvalue weighted by atomic mass is 16.5. The van der Waals surface area contributed by atoms with Crippen molar-refractivity contribution < 1.29 is 23.8 Å². The molecule has 2 aromatic carbocycles. The van der Waals surface area contributed by atoms with Gasteiger partial charge in [0.15, 0.2) is 17.3 Å². The van der Waals surface area contributed by atoms with Crippen LogP contribution in [0.2, 0.25) is 0 Å². The van der Waals surface area contributed by atoms with Gasteiger partial charge in [0.2, 0.25) is 5.91 Å². The molecule has 0 aliphatic carbocycles. The lowest BCUT2D eigenvalue weighted by atomic mass is 9.82. The minimum Gasteiger partial charge on any atom is -0.493 e. The quantitative estimate of drug-likeness (QED) is 0.617. The van der Waals surface area contributed by atoms with Gasteiger partial charge in [-0.2, -0.15) is 0 Å². The van der Waals surface area contributed by atoms with Gasteiger partial charge in [0.05, 0.1) is 25.7 Å². The van der Waals surface area contributed by atoms with Crippen LogP contribution in [-0.2, 0) is 4.79 Å². The molecule has 6 heteroatoms. The van der Waals surface area contributed by atoms with E-state index < -0.39 is 5.60 Å². The highest BCUT2D eigenvalue weighted by Gasteiger charge is 2.43. The van der Waals surface area contributed by atoms with Crippen LogP contribution in [0.15, 0.2) is 36.4 Å². The van der Waals surface area contributed by atoms with Crippen molar-refractivity contribution in [2.24, 2.45) is 0 Å². The molecule has 0 bridgehead atoms. The van der Waals surface area contributed by atoms with Crippen molar-refractivity contribution in [3.63, 3.8) is 0 Å². The van der Waals surface area contributed by atoms with Crippen LogP contribution in [-0.4, -0.2) is 49.0 Å². The first kappa shape index (κ1) is 22.9. The molecule has 2 aromatic rings. The second kappa shape index (κ2) is 9.30. The molecule has 6 nitrogen and oxygen atoms in total. The summed E-state index contributed by atoms with van der Waals surface area (Å²) in [5.41, 5.74) is 3.23. The van der Waals surface area contributed by atoms with Crippen LogP contribution in [0.25, 0.3) is 6.08 Å². The van der Waals surface area contributed by atoms with Gasteiger partial charge in [0, 0.05) is 32.0 Å². The number of carbonyl (C=O) groups is 2. The molecular formula is C27H31NO5. The number of ether oxygens (including phenoxy) is 3. The number of carbonyl (C=O) groups excluding carboxylic acids is 2. The fraction of sp³-hybridized carbons (Fsp3) is 0.407. The SMILES string of the molecule is CCOc1ccc(/C=C/C(=O)N2CCC3(CC2)CC(=O)c2cc(C)c(C)cc2O3)cc1OC. The highest BCUT2D eigenvalue weighted by Crippen LogP contribution is 2.40. The minimum atomic E-state index is -0.519. The molecule has 0 aromatic heterocycles. The molecule has 2 heterocycles. The number of piperidine rings is 1. The predicted molar refractivity (Wildman–Crippen MR) is 127 cm³/mol. The molecule has 1 spiro atoms. The lowest BCUT2D eigenvalue weighted by molar-refractivity contribution is -0.129. The third-order valence-electron chi connectivity index (χ3n) is 6.60. The lowest BCUT2D eigenvalue weighted by Gasteiger charge is -2.44. The molecule has 33 heavy (non-hydrogen) atoms. The second-order valence-electron chi connectivity index (χ2n) is 8.82. The number of amides is 1. The van der Waals surface area contributed by atoms with Crippen LogP contribution in [0, 0.1) is 13.8 Å². The standard InChI is InChI=1S/C27H31NO5/c1-5-32-23-8-6-20(16-25(23)31-4)7-9-26(30)28-12-10-27(11-13-28)17-22(29)21-14-18(2)19(3)15-24(21)33-27/h6-9,14-16H,5,10-13,17H2,1-4H3/b9-7+. The summed E-state index contributed by atoms with van der Waals surface area (Å²) in [4.78, 5) is 27.4. The van der Waals surface area contributed by atoms with E-state index >= 15 is 0 Å². The normalized spacial score (nSPS) is 17.1. The van der Waals surface area contributed by atoms with Crippen LogP contribution in [0.5, 0.6) is 17.2 Å². The van der Waals surface area contributed by atoms with E-state index in [-0.39, 0.29) is 11.7 Å². The largest absolute Gasteiger partial charge is 0.493 e. The summed E-state index contributed by atoms with van der Waals surface area (Å²) in [6.45, 7) is 7.63. The fourth-order valence-electron chi connectivity index (χ4n) is 4.50. The minimum absolute atomic E-state index is 0.0493. The number of fused-ring (bicyclic) bond motifs is 1. The van der Waals surface area contributed by atoms with Crippen molar-refractivity contribution in [2.45, 2.75) is 45.6 Å². The van der Waals surface area contributed by atoms with Gasteiger partial charge in [0.1, 0.15) is 11.4 Å². The number of Topliss-reactive ketones (excluding diaryl/α,β-unsaturated/α-hetero) is 1. The number of aryl methyl sites for hydroxylation is 2. The number of hydrogen-bond acceptors (Lipinski definition) is 5. The summed E-state index contributed by atoms with van der Waals surface area (Å²) in [6.07, 6.45) is 5.02. The maximum atomic E-state index is 12.8. The Morgan fingerprint density at radius 2 is 1.85 bits per heavy atom. The van der Waals surface area contributed by atoms with E-state index in [1.165, 1.54) is 0 Å². The smallest absolute Gasteiger partial charge is 0.246 e. The van der Waals surface area contributed by atoms with Gasteiger partial charge < -0.3 is 19.1 Å². The summed E-state index contributed by atoms with van der Waals surface area (Å²) in [5, 5.41) is 0. The highest BCUT2D eigenvalue weighted by molar-refractivity contribution is 6.00. The molecule has 2 aliphatic rings. The lowest BCUT2D eigenvalue weighted by Crippen LogP contribution is -2.52. The molecule has 0 N–H and O–H groups in total. The van der Waals surface area contributed by atoms with Crippen molar-refractivity contribution in [3.8, 4) is 17.2 Å². The van der Waals surface area contributed by atoms with Crippen LogP contribution < -0.4 is 14.2 Å². The average molecular weight is 450 g/mol. The van der Waals surface area contributed by atoms with Crippen molar-refractivity contribution >= 4 is 17.8 Å². The van der Waals surface area contributed by atoms with E-state index in [4.69, 9.17) is 14.2 Å². The van der Waals surface area contributed by atoms with E-state index in [9.17, 15) is 9.59 Å². The summed E-state index contributed by atoms with van der Waals surface area (Å²) >= 11 is 0. The molecule has 0 radical (unpaired) electrons. The van der Waals surface area contributed by atoms with Crippen molar-refractivity contribution in [3.05, 3.63) is 58.7 Å². The maximum absolute atomic E-state index is 12.8. The van der Waals surface area contributed by atoms with Crippen LogP contribution in [0.1, 0.15) is 53.2 Å². The third-order valence-corrected chi connectivity index (χ3v) is 6.60. The van der Waals surface area contributed by atoms with E-state index in [0.717, 1.165) is 16.7 Å². The molecule has 1 amide bonds. The monoisotopic (exact) mass is 449 g/mol. The van der Waals surface area contributed by atoms with E-state index in [0.29, 0.717) is 61.8 Å². The Morgan fingerprint density at radius 3 is 2.55 bits per heavy atom. The third kappa shape index (κ3) is 4.75. The van der Waals surface area contributed by atoms with Crippen molar-refractivity contribution in [1.82, 2.24) is 4.90 Å². The zero-order chi connectivity index (χ0) is 23.6. The summed E-state index contributed by atoms with van der Waals surface area (Å²) < 4.78 is 17.3. The Hall–Kier alpha value is -3.28. The first-order valence-electron chi connectivity index (χ1n) is 11.5. The van der Waals surface area contributed by atoms with Gasteiger partial charge >= 0.3 is 0 Å². The molecule has 1 saturated heterocycles. The fourth-order valence-corrected chi connectivity index (χ4v) is 4.50. The number of rotatable bonds is 5. The molecule has 0 unspecified atom stereocenters. The van der Waals surface area contributed by atoms with Crippen molar-refractivity contribution in [2.75, 3.05) is 26.8 Å². The van der Waals surface area contributed by atoms with Crippen molar-refractivity contribution in [1.29, 1.82) is 0 Å². The summed E-state index contributed by atoms with van der Waals surface area (Å²) in [7, 11) is 1.60. The topological polar surface area (TPSA) is 65.1 Å². The van der Waals surface area contributed by atoms with Crippen LogP contribution in [0.3, 0.4) is 0 Å². The second-order valence-corrected chi connectivity index (χ2v) is 8.82. The van der Waals surface area contributed by atoms with Gasteiger partial charge in [-0.1, -0.05) is 6.07 Å². The van der Waals surface area contributed by atoms with E-state index in [2.05, 4.69) is 0 Å². The Bertz CT molecular complexity index is 1100. The molecule has 0 saturated carbocycles. The number of methoxy groups -OCH3 is 1. The van der Waals surface area contributed by atoms with Gasteiger partial charge in [-0.25, -0.2) is 0 Å². The molecule has 2 aliphatic heterocycles. The molecule has 4 rings (SSSR count). The zero-order valence-electron chi connectivity index (χ0n) is 19.8. The molecular weight excluding hydrogens is 418 g/mol. The molecule has 1 fully saturated rings. The Balaban J connectivity index is 1.40. The van der Waals surface area contributed by atoms with E-state index in [1.54, 1.807) is 19.3 Å². The van der Waals surface area contributed by atoms with Gasteiger partial charge in [-0.3, -0.25) is 9.59 Å². The Morgan fingerprint density at radius 1 is 1.12 bits per heavy atom. The number of nitrogens with zero attached hydrogens (tertiary/aromatic N) is 1. The number of ketones is 1. The molecule has 174 valence electrons. The first-order valence-corrected chi connectivity index (χ1v) is 11.5. The van der Waals surface area contributed by atoms with Gasteiger partial charge in [0.25, 0.3) is 0 Å². The van der Waals surface area contributed by atoms with Gasteiger partial charge in [-0.05, 0) is 67.8 Å². The number of likely N-dealkylation sites (tertiary alicyclic amines) is 1. The Kier molecular flexibility index (Phi) is 6.45. The Labute approximate surface area is 195 Å². The summed E-state index contributed by atoms with van der Waals surface area (Å²) in [5.74, 6) is 2.07. The molecule has 0 atom stereocenters. The summed E-state index contributed by atoms with van der Waals surface area (Å²) in [6, 6.07) is 9.48. The maximum Gasteiger partial charge on any atom is 0.246 e. The number of benzene rings is 2. The van der Waals surface area contributed by atoms with E-state index in [1.807, 2.05) is 56.0 Å². The number of hydrogen-bond donors (Lipinski definition) is 0. The first-order chi connectivity index (χ1) is 15.8. The van der Waals surface area contributed by atoms with Crippen LogP contribution >= 0.6 is 0 Å². The van der Waals surface area contributed by atoms with Crippen LogP contribution in [0.4, 0.5) is 0 Å². The van der Waals surface area contributed by atoms with Gasteiger partial charge in [-0.15, -0.1) is 0 Å². The average Bonchev–Trinajstić information content (AvgIpc) is 2.80. The predicted octanol–water partition coefficient (Wildman–Crippen LogP) is 4.75. The zero-order valence-corrected chi connectivity index (χ0v) is 19.8.